The Kier molecular flexibility index (Phi) is 6.23. The van der Waals surface area contributed by atoms with Crippen molar-refractivity contribution in [3.8, 4) is 0 Å². The molecule has 0 saturated carbocycles. The first-order valence-corrected chi connectivity index (χ1v) is 10.4. The number of esters is 1. The summed E-state index contributed by atoms with van der Waals surface area (Å²) in [7, 11) is -3.63. The molecule has 0 aliphatic heterocycles. The first-order valence-electron chi connectivity index (χ1n) is 8.78. The molecule has 0 aliphatic carbocycles. The standard InChI is InChI=1S/C20H23NO6S/c1-6-28(25,26)16-10-8-7-9-15(16)20(24)27-14(5)19(23)18-11(2)17(13(4)22)12(3)21-18/h7-10,14,21H,6H2,1-5H3/t14-/m0/s1. The van der Waals surface area contributed by atoms with E-state index in [1.54, 1.807) is 13.8 Å². The van der Waals surface area contributed by atoms with Gasteiger partial charge in [0.25, 0.3) is 0 Å². The second-order valence-corrected chi connectivity index (χ2v) is 8.74. The van der Waals surface area contributed by atoms with E-state index in [1.165, 1.54) is 45.0 Å². The number of aromatic amines is 1. The van der Waals surface area contributed by atoms with Gasteiger partial charge in [-0.25, -0.2) is 13.2 Å². The highest BCUT2D eigenvalue weighted by atomic mass is 32.2. The summed E-state index contributed by atoms with van der Waals surface area (Å²) >= 11 is 0. The Bertz CT molecular complexity index is 1050. The lowest BCUT2D eigenvalue weighted by molar-refractivity contribution is 0.0313. The average molecular weight is 405 g/mol. The van der Waals surface area contributed by atoms with Crippen LogP contribution in [0.5, 0.6) is 0 Å². The maximum absolute atomic E-state index is 12.7. The van der Waals surface area contributed by atoms with Gasteiger partial charge in [-0.3, -0.25) is 9.59 Å². The summed E-state index contributed by atoms with van der Waals surface area (Å²) in [5.41, 5.74) is 1.56. The predicted molar refractivity (Wildman–Crippen MR) is 104 cm³/mol. The molecule has 2 aromatic rings. The lowest BCUT2D eigenvalue weighted by atomic mass is 10.0. The van der Waals surface area contributed by atoms with Crippen molar-refractivity contribution in [2.45, 2.75) is 45.6 Å². The van der Waals surface area contributed by atoms with Crippen LogP contribution in [0.4, 0.5) is 0 Å². The van der Waals surface area contributed by atoms with Gasteiger partial charge in [0, 0.05) is 11.3 Å². The number of carbonyl (C=O) groups is 3. The van der Waals surface area contributed by atoms with E-state index >= 15 is 0 Å². The molecule has 0 fully saturated rings. The summed E-state index contributed by atoms with van der Waals surface area (Å²) < 4.78 is 29.6. The van der Waals surface area contributed by atoms with Gasteiger partial charge in [0.15, 0.2) is 21.7 Å². The minimum atomic E-state index is -3.63. The van der Waals surface area contributed by atoms with Crippen LogP contribution in [0.25, 0.3) is 0 Å². The van der Waals surface area contributed by atoms with Crippen molar-refractivity contribution in [3.05, 3.63) is 52.3 Å². The number of ether oxygens (including phenoxy) is 1. The molecule has 2 rings (SSSR count). The molecule has 1 aromatic carbocycles. The summed E-state index contributed by atoms with van der Waals surface area (Å²) in [5.74, 6) is -1.74. The fraction of sp³-hybridized carbons (Fsp3) is 0.350. The number of Topliss-reactive ketones (excluding diaryl/α,β-unsaturated/α-hetero) is 2. The number of nitrogens with one attached hydrogen (secondary N) is 1. The summed E-state index contributed by atoms with van der Waals surface area (Å²) in [5, 5.41) is 0. The zero-order chi connectivity index (χ0) is 21.2. The van der Waals surface area contributed by atoms with Gasteiger partial charge in [0.05, 0.1) is 21.9 Å². The highest BCUT2D eigenvalue weighted by Crippen LogP contribution is 2.22. The average Bonchev–Trinajstić information content (AvgIpc) is 2.95. The Morgan fingerprint density at radius 3 is 2.29 bits per heavy atom. The van der Waals surface area contributed by atoms with E-state index in [4.69, 9.17) is 4.74 Å². The molecule has 0 amide bonds. The maximum Gasteiger partial charge on any atom is 0.340 e. The van der Waals surface area contributed by atoms with Crippen LogP contribution in [-0.4, -0.2) is 42.8 Å². The van der Waals surface area contributed by atoms with E-state index in [1.807, 2.05) is 0 Å². The SMILES string of the molecule is CCS(=O)(=O)c1ccccc1C(=O)O[C@@H](C)C(=O)c1[nH]c(C)c(C(C)=O)c1C. The highest BCUT2D eigenvalue weighted by molar-refractivity contribution is 7.91. The minimum absolute atomic E-state index is 0.118. The van der Waals surface area contributed by atoms with Gasteiger partial charge in [-0.15, -0.1) is 0 Å². The van der Waals surface area contributed by atoms with Crippen molar-refractivity contribution in [1.29, 1.82) is 0 Å². The second-order valence-electron chi connectivity index (χ2n) is 6.49. The molecule has 7 nitrogen and oxygen atoms in total. The van der Waals surface area contributed by atoms with E-state index in [-0.39, 0.29) is 27.7 Å². The van der Waals surface area contributed by atoms with Crippen LogP contribution >= 0.6 is 0 Å². The lowest BCUT2D eigenvalue weighted by Crippen LogP contribution is -2.26. The Morgan fingerprint density at radius 2 is 1.75 bits per heavy atom. The van der Waals surface area contributed by atoms with Crippen molar-refractivity contribution in [2.75, 3.05) is 5.75 Å². The second kappa shape index (κ2) is 8.10. The van der Waals surface area contributed by atoms with Crippen molar-refractivity contribution >= 4 is 27.4 Å². The van der Waals surface area contributed by atoms with E-state index in [0.717, 1.165) is 0 Å². The summed E-state index contributed by atoms with van der Waals surface area (Å²) in [6.45, 7) is 7.62. The zero-order valence-electron chi connectivity index (χ0n) is 16.5. The third kappa shape index (κ3) is 4.06. The third-order valence-corrected chi connectivity index (χ3v) is 6.30. The molecule has 0 radical (unpaired) electrons. The highest BCUT2D eigenvalue weighted by Gasteiger charge is 2.28. The summed E-state index contributed by atoms with van der Waals surface area (Å²) in [6, 6.07) is 5.72. The quantitative estimate of drug-likeness (QED) is 0.560. The molecular formula is C20H23NO6S. The largest absolute Gasteiger partial charge is 0.451 e. The normalized spacial score (nSPS) is 12.5. The van der Waals surface area contributed by atoms with Crippen LogP contribution in [0.3, 0.4) is 0 Å². The fourth-order valence-electron chi connectivity index (χ4n) is 3.07. The van der Waals surface area contributed by atoms with Crippen LogP contribution in [0.1, 0.15) is 63.2 Å². The summed E-state index contributed by atoms with van der Waals surface area (Å²) in [6.07, 6.45) is -1.17. The van der Waals surface area contributed by atoms with E-state index in [2.05, 4.69) is 4.98 Å². The zero-order valence-corrected chi connectivity index (χ0v) is 17.3. The first kappa shape index (κ1) is 21.6. The van der Waals surface area contributed by atoms with Gasteiger partial charge in [0.1, 0.15) is 0 Å². The monoisotopic (exact) mass is 405 g/mol. The molecule has 0 unspecified atom stereocenters. The van der Waals surface area contributed by atoms with Gasteiger partial charge >= 0.3 is 5.97 Å². The number of aryl methyl sites for hydroxylation is 1. The number of rotatable bonds is 7. The van der Waals surface area contributed by atoms with Crippen LogP contribution < -0.4 is 0 Å². The minimum Gasteiger partial charge on any atom is -0.451 e. The van der Waals surface area contributed by atoms with Gasteiger partial charge in [-0.1, -0.05) is 19.1 Å². The number of benzene rings is 1. The smallest absolute Gasteiger partial charge is 0.340 e. The first-order chi connectivity index (χ1) is 13.0. The van der Waals surface area contributed by atoms with Crippen molar-refractivity contribution < 1.29 is 27.5 Å². The molecule has 0 saturated heterocycles. The fourth-order valence-corrected chi connectivity index (χ4v) is 4.15. The van der Waals surface area contributed by atoms with E-state index in [0.29, 0.717) is 16.8 Å². The Hall–Kier alpha value is -2.74. The number of carbonyl (C=O) groups excluding carboxylic acids is 3. The topological polar surface area (TPSA) is 110 Å². The molecular weight excluding hydrogens is 382 g/mol. The Morgan fingerprint density at radius 1 is 1.14 bits per heavy atom. The number of hydrogen-bond donors (Lipinski definition) is 1. The summed E-state index contributed by atoms with van der Waals surface area (Å²) in [4.78, 5) is 39.7. The number of aromatic nitrogens is 1. The van der Waals surface area contributed by atoms with Crippen LogP contribution in [0.2, 0.25) is 0 Å². The van der Waals surface area contributed by atoms with Gasteiger partial charge in [-0.2, -0.15) is 0 Å². The van der Waals surface area contributed by atoms with Crippen LogP contribution in [-0.2, 0) is 14.6 Å². The number of sulfone groups is 1. The number of ketones is 2. The van der Waals surface area contributed by atoms with Crippen molar-refractivity contribution in [3.63, 3.8) is 0 Å². The lowest BCUT2D eigenvalue weighted by Gasteiger charge is -2.14. The molecule has 1 heterocycles. The molecule has 1 N–H and O–H groups in total. The van der Waals surface area contributed by atoms with Crippen molar-refractivity contribution in [2.24, 2.45) is 0 Å². The molecule has 150 valence electrons. The molecule has 8 heteroatoms. The Balaban J connectivity index is 2.31. The van der Waals surface area contributed by atoms with Gasteiger partial charge < -0.3 is 9.72 Å². The third-order valence-electron chi connectivity index (χ3n) is 4.51. The molecule has 0 bridgehead atoms. The van der Waals surface area contributed by atoms with Crippen LogP contribution in [0, 0.1) is 13.8 Å². The van der Waals surface area contributed by atoms with E-state index in [9.17, 15) is 22.8 Å². The Labute approximate surface area is 164 Å². The van der Waals surface area contributed by atoms with Crippen LogP contribution in [0.15, 0.2) is 29.2 Å². The molecule has 0 spiro atoms. The molecule has 0 aliphatic rings. The molecule has 28 heavy (non-hydrogen) atoms. The van der Waals surface area contributed by atoms with Gasteiger partial charge in [0.2, 0.25) is 5.78 Å². The van der Waals surface area contributed by atoms with Gasteiger partial charge in [-0.05, 0) is 45.4 Å². The number of H-pyrrole nitrogens is 1. The number of hydrogen-bond acceptors (Lipinski definition) is 6. The predicted octanol–water partition coefficient (Wildman–Crippen LogP) is 3.06. The van der Waals surface area contributed by atoms with E-state index < -0.39 is 27.7 Å². The molecule has 1 atom stereocenters. The van der Waals surface area contributed by atoms with Crippen molar-refractivity contribution in [1.82, 2.24) is 4.98 Å². The maximum atomic E-state index is 12.7. The molecule has 1 aromatic heterocycles.